The lowest BCUT2D eigenvalue weighted by Gasteiger charge is -2.29. The molecule has 0 aliphatic carbocycles. The summed E-state index contributed by atoms with van der Waals surface area (Å²) in [6.45, 7) is 10.1. The third kappa shape index (κ3) is 5.65. The van der Waals surface area contributed by atoms with Crippen LogP contribution in [0.15, 0.2) is 45.6 Å². The summed E-state index contributed by atoms with van der Waals surface area (Å²) < 4.78 is 17.2. The maximum atomic E-state index is 12.8. The van der Waals surface area contributed by atoms with Crippen molar-refractivity contribution in [1.29, 1.82) is 0 Å². The minimum Gasteiger partial charge on any atom is -0.495 e. The minimum atomic E-state index is -0.632. The number of benzene rings is 2. The first-order valence-corrected chi connectivity index (χ1v) is 12.2. The molecule has 1 fully saturated rings. The Morgan fingerprint density at radius 1 is 1.03 bits per heavy atom. The van der Waals surface area contributed by atoms with Crippen molar-refractivity contribution in [1.82, 2.24) is 4.90 Å². The third-order valence-corrected chi connectivity index (χ3v) is 6.62. The van der Waals surface area contributed by atoms with E-state index in [2.05, 4.69) is 43.4 Å². The van der Waals surface area contributed by atoms with Gasteiger partial charge in [-0.1, -0.05) is 26.8 Å². The van der Waals surface area contributed by atoms with Crippen molar-refractivity contribution in [2.75, 3.05) is 37.9 Å². The second-order valence-corrected chi connectivity index (χ2v) is 10.4. The zero-order chi connectivity index (χ0) is 26.0. The number of methoxy groups -OCH3 is 1. The molecule has 36 heavy (non-hydrogen) atoms. The predicted octanol–water partition coefficient (Wildman–Crippen LogP) is 5.52. The van der Waals surface area contributed by atoms with E-state index in [0.717, 1.165) is 37.1 Å². The first-order valence-electron chi connectivity index (χ1n) is 12.2. The molecule has 8 nitrogen and oxygen atoms in total. The standard InChI is InChI=1S/C28H35N3O5/c1-17-23(35-20-11-13-31(5)14-12-20)9-7-18-15-22(26(32)36-25(17)18)30-27(33)29-21-16-19(28(2,3)4)8-10-24(21)34-6/h7-10,15-16,20H,11-14H2,1-6H3,(H2,29,30,33). The van der Waals surface area contributed by atoms with E-state index in [1.54, 1.807) is 13.2 Å². The smallest absolute Gasteiger partial charge is 0.360 e. The highest BCUT2D eigenvalue weighted by atomic mass is 16.5. The van der Waals surface area contributed by atoms with E-state index in [9.17, 15) is 9.59 Å². The number of hydrogen-bond donors (Lipinski definition) is 2. The summed E-state index contributed by atoms with van der Waals surface area (Å²) >= 11 is 0. The Labute approximate surface area is 211 Å². The summed E-state index contributed by atoms with van der Waals surface area (Å²) in [6.07, 6.45) is 2.06. The largest absolute Gasteiger partial charge is 0.495 e. The number of ether oxygens (including phenoxy) is 2. The fourth-order valence-electron chi connectivity index (χ4n) is 4.35. The van der Waals surface area contributed by atoms with Crippen molar-refractivity contribution in [3.05, 3.63) is 57.9 Å². The Morgan fingerprint density at radius 3 is 2.36 bits per heavy atom. The Kier molecular flexibility index (Phi) is 7.26. The van der Waals surface area contributed by atoms with Crippen LogP contribution in [0.5, 0.6) is 11.5 Å². The summed E-state index contributed by atoms with van der Waals surface area (Å²) in [5.41, 5.74) is 2.09. The van der Waals surface area contributed by atoms with E-state index in [0.29, 0.717) is 28.2 Å². The molecule has 0 bridgehead atoms. The van der Waals surface area contributed by atoms with Gasteiger partial charge in [-0.05, 0) is 68.1 Å². The summed E-state index contributed by atoms with van der Waals surface area (Å²) in [7, 11) is 3.65. The third-order valence-electron chi connectivity index (χ3n) is 6.62. The van der Waals surface area contributed by atoms with Crippen LogP contribution >= 0.6 is 0 Å². The van der Waals surface area contributed by atoms with Gasteiger partial charge < -0.3 is 29.4 Å². The predicted molar refractivity (Wildman–Crippen MR) is 143 cm³/mol. The van der Waals surface area contributed by atoms with E-state index in [1.807, 2.05) is 37.3 Å². The summed E-state index contributed by atoms with van der Waals surface area (Å²) in [4.78, 5) is 27.8. The molecule has 1 aliphatic heterocycles. The minimum absolute atomic E-state index is 0.0503. The molecule has 1 aliphatic rings. The van der Waals surface area contributed by atoms with Crippen LogP contribution in [0.3, 0.4) is 0 Å². The van der Waals surface area contributed by atoms with Gasteiger partial charge in [0.25, 0.3) is 0 Å². The number of nitrogens with one attached hydrogen (secondary N) is 2. The Bertz CT molecular complexity index is 1320. The van der Waals surface area contributed by atoms with Gasteiger partial charge in [0.2, 0.25) is 0 Å². The Balaban J connectivity index is 1.53. The highest BCUT2D eigenvalue weighted by Gasteiger charge is 2.21. The van der Waals surface area contributed by atoms with Crippen LogP contribution in [0.4, 0.5) is 16.2 Å². The second-order valence-electron chi connectivity index (χ2n) is 10.4. The molecular weight excluding hydrogens is 458 g/mol. The molecule has 0 unspecified atom stereocenters. The molecular formula is C28H35N3O5. The van der Waals surface area contributed by atoms with Crippen molar-refractivity contribution < 1.29 is 18.7 Å². The van der Waals surface area contributed by atoms with Gasteiger partial charge in [-0.15, -0.1) is 0 Å². The number of urea groups is 1. The van der Waals surface area contributed by atoms with Gasteiger partial charge in [0, 0.05) is 24.0 Å². The molecule has 2 N–H and O–H groups in total. The van der Waals surface area contributed by atoms with Gasteiger partial charge in [-0.2, -0.15) is 0 Å². The molecule has 2 amide bonds. The van der Waals surface area contributed by atoms with Crippen LogP contribution in [0.2, 0.25) is 0 Å². The van der Waals surface area contributed by atoms with Crippen LogP contribution in [0.25, 0.3) is 11.0 Å². The molecule has 0 saturated carbocycles. The van der Waals surface area contributed by atoms with E-state index in [1.165, 1.54) is 0 Å². The van der Waals surface area contributed by atoms with Gasteiger partial charge in [-0.3, -0.25) is 0 Å². The quantitative estimate of drug-likeness (QED) is 0.455. The lowest BCUT2D eigenvalue weighted by atomic mass is 9.87. The molecule has 8 heteroatoms. The highest BCUT2D eigenvalue weighted by molar-refractivity contribution is 6.01. The van der Waals surface area contributed by atoms with Crippen molar-refractivity contribution in [2.45, 2.75) is 52.1 Å². The Hall–Kier alpha value is -3.52. The fourth-order valence-corrected chi connectivity index (χ4v) is 4.35. The van der Waals surface area contributed by atoms with Crippen molar-refractivity contribution in [3.8, 4) is 11.5 Å². The number of carbonyl (C=O) groups is 1. The molecule has 2 aromatic carbocycles. The first kappa shape index (κ1) is 25.6. The fraction of sp³-hybridized carbons (Fsp3) is 0.429. The summed E-state index contributed by atoms with van der Waals surface area (Å²) in [5.74, 6) is 1.24. The summed E-state index contributed by atoms with van der Waals surface area (Å²) in [6, 6.07) is 10.4. The molecule has 1 aromatic heterocycles. The number of amides is 2. The monoisotopic (exact) mass is 493 g/mol. The maximum absolute atomic E-state index is 12.8. The van der Waals surface area contributed by atoms with E-state index in [-0.39, 0.29) is 17.2 Å². The van der Waals surface area contributed by atoms with Crippen molar-refractivity contribution >= 4 is 28.4 Å². The van der Waals surface area contributed by atoms with Crippen LogP contribution in [0.1, 0.15) is 44.7 Å². The van der Waals surface area contributed by atoms with Gasteiger partial charge in [-0.25, -0.2) is 9.59 Å². The van der Waals surface area contributed by atoms with Gasteiger partial charge >= 0.3 is 11.7 Å². The molecule has 192 valence electrons. The molecule has 0 radical (unpaired) electrons. The molecule has 0 spiro atoms. The highest BCUT2D eigenvalue weighted by Crippen LogP contribution is 2.32. The number of anilines is 2. The zero-order valence-corrected chi connectivity index (χ0v) is 21.9. The number of piperidine rings is 1. The van der Waals surface area contributed by atoms with Gasteiger partial charge in [0.15, 0.2) is 0 Å². The van der Waals surface area contributed by atoms with Crippen molar-refractivity contribution in [3.63, 3.8) is 0 Å². The molecule has 2 heterocycles. The van der Waals surface area contributed by atoms with Crippen LogP contribution in [-0.2, 0) is 5.41 Å². The number of nitrogens with zero attached hydrogens (tertiary/aromatic N) is 1. The molecule has 4 rings (SSSR count). The average molecular weight is 494 g/mol. The number of fused-ring (bicyclic) bond motifs is 1. The topological polar surface area (TPSA) is 93.0 Å². The van der Waals surface area contributed by atoms with Gasteiger partial charge in [0.05, 0.1) is 12.8 Å². The number of carbonyl (C=O) groups excluding carboxylic acids is 1. The molecule has 1 saturated heterocycles. The van der Waals surface area contributed by atoms with Crippen LogP contribution in [0, 0.1) is 6.92 Å². The van der Waals surface area contributed by atoms with Gasteiger partial charge in [0.1, 0.15) is 28.9 Å². The van der Waals surface area contributed by atoms with E-state index >= 15 is 0 Å². The normalized spacial score (nSPS) is 15.1. The Morgan fingerprint density at radius 2 is 1.69 bits per heavy atom. The number of aryl methyl sites for hydroxylation is 1. The molecule has 0 atom stereocenters. The number of rotatable bonds is 5. The maximum Gasteiger partial charge on any atom is 0.360 e. The first-order chi connectivity index (χ1) is 17.0. The molecule has 3 aromatic rings. The van der Waals surface area contributed by atoms with E-state index < -0.39 is 11.7 Å². The van der Waals surface area contributed by atoms with E-state index in [4.69, 9.17) is 13.9 Å². The SMILES string of the molecule is COc1ccc(C(C)(C)C)cc1NC(=O)Nc1cc2ccc(OC3CCN(C)CC3)c(C)c2oc1=O. The van der Waals surface area contributed by atoms with Crippen molar-refractivity contribution in [2.24, 2.45) is 0 Å². The number of likely N-dealkylation sites (tertiary alicyclic amines) is 1. The van der Waals surface area contributed by atoms with Crippen LogP contribution in [-0.4, -0.2) is 44.3 Å². The second kappa shape index (κ2) is 10.2. The lowest BCUT2D eigenvalue weighted by Crippen LogP contribution is -2.35. The zero-order valence-electron chi connectivity index (χ0n) is 21.9. The lowest BCUT2D eigenvalue weighted by molar-refractivity contribution is 0.113. The average Bonchev–Trinajstić information content (AvgIpc) is 2.82. The van der Waals surface area contributed by atoms with Crippen LogP contribution < -0.4 is 25.7 Å². The summed E-state index contributed by atoms with van der Waals surface area (Å²) in [5, 5.41) is 6.10. The number of hydrogen-bond acceptors (Lipinski definition) is 6.